The van der Waals surface area contributed by atoms with E-state index in [4.69, 9.17) is 6.58 Å². The first kappa shape index (κ1) is 13.7. The first-order chi connectivity index (χ1) is 6.91. The molecule has 0 saturated heterocycles. The molecule has 14 heavy (non-hydrogen) atoms. The molecular formula is C14H26. The molecule has 0 aliphatic heterocycles. The van der Waals surface area contributed by atoms with Gasteiger partial charge < -0.3 is 0 Å². The standard InChI is InChI=1S/C14H26/c1-3-5-7-9-11-13-14-12-10-8-6-4-2/h1,3H,2,4-14H2. The Balaban J connectivity index is 2.81. The van der Waals surface area contributed by atoms with Gasteiger partial charge >= 0.3 is 0 Å². The molecule has 0 bridgehead atoms. The predicted octanol–water partition coefficient (Wildman–Crippen LogP) is 5.10. The first-order valence-corrected chi connectivity index (χ1v) is 6.24. The van der Waals surface area contributed by atoms with Gasteiger partial charge in [0.1, 0.15) is 0 Å². The van der Waals surface area contributed by atoms with Crippen LogP contribution in [0.3, 0.4) is 0 Å². The maximum atomic E-state index is 5.31. The molecule has 0 nitrogen and oxygen atoms in total. The van der Waals surface area contributed by atoms with Gasteiger partial charge in [-0.1, -0.05) is 77.4 Å². The molecule has 0 heteroatoms. The van der Waals surface area contributed by atoms with Crippen molar-refractivity contribution in [3.63, 3.8) is 0 Å². The van der Waals surface area contributed by atoms with Gasteiger partial charge in [0.25, 0.3) is 0 Å². The highest BCUT2D eigenvalue weighted by atomic mass is 14.0. The van der Waals surface area contributed by atoms with Crippen LogP contribution in [0.15, 0.2) is 6.08 Å². The van der Waals surface area contributed by atoms with Gasteiger partial charge in [0.2, 0.25) is 0 Å². The average Bonchev–Trinajstić information content (AvgIpc) is 2.21. The van der Waals surface area contributed by atoms with Gasteiger partial charge in [-0.05, 0) is 12.8 Å². The number of hydrogen-bond acceptors (Lipinski definition) is 0. The predicted molar refractivity (Wildman–Crippen MR) is 65.0 cm³/mol. The summed E-state index contributed by atoms with van der Waals surface area (Å²) in [7, 11) is 0. The van der Waals surface area contributed by atoms with Crippen LogP contribution in [-0.2, 0) is 0 Å². The molecule has 0 saturated carbocycles. The highest BCUT2D eigenvalue weighted by molar-refractivity contribution is 4.61. The fourth-order valence-corrected chi connectivity index (χ4v) is 1.68. The molecule has 0 heterocycles. The Bertz CT molecular complexity index is 105. The van der Waals surface area contributed by atoms with Crippen molar-refractivity contribution in [2.75, 3.05) is 0 Å². The van der Waals surface area contributed by atoms with Gasteiger partial charge in [0.05, 0.1) is 0 Å². The molecule has 82 valence electrons. The lowest BCUT2D eigenvalue weighted by Crippen LogP contribution is -1.81. The molecule has 0 aliphatic rings. The summed E-state index contributed by atoms with van der Waals surface area (Å²) in [5, 5.41) is 0. The van der Waals surface area contributed by atoms with Crippen molar-refractivity contribution in [3.05, 3.63) is 19.6 Å². The summed E-state index contributed by atoms with van der Waals surface area (Å²) < 4.78 is 0. The summed E-state index contributed by atoms with van der Waals surface area (Å²) in [6.45, 7) is 9.16. The Morgan fingerprint density at radius 1 is 0.714 bits per heavy atom. The fourth-order valence-electron chi connectivity index (χ4n) is 1.68. The first-order valence-electron chi connectivity index (χ1n) is 6.24. The Morgan fingerprint density at radius 2 is 1.14 bits per heavy atom. The topological polar surface area (TPSA) is 0 Å². The van der Waals surface area contributed by atoms with E-state index in [9.17, 15) is 0 Å². The van der Waals surface area contributed by atoms with Crippen LogP contribution >= 0.6 is 0 Å². The second-order valence-electron chi connectivity index (χ2n) is 4.06. The van der Waals surface area contributed by atoms with Crippen LogP contribution in [0, 0.1) is 13.5 Å². The summed E-state index contributed by atoms with van der Waals surface area (Å²) in [6, 6.07) is 0. The third-order valence-corrected chi connectivity index (χ3v) is 2.62. The third-order valence-electron chi connectivity index (χ3n) is 2.62. The van der Waals surface area contributed by atoms with Crippen molar-refractivity contribution in [3.8, 4) is 0 Å². The molecule has 0 rings (SSSR count). The molecule has 0 amide bonds. The maximum absolute atomic E-state index is 5.31. The molecule has 0 N–H and O–H groups in total. The Labute approximate surface area is 90.8 Å². The third kappa shape index (κ3) is 11.7. The van der Waals surface area contributed by atoms with Gasteiger partial charge in [0.15, 0.2) is 0 Å². The molecule has 0 aromatic heterocycles. The smallest absolute Gasteiger partial charge is 0.0348 e. The molecule has 0 aliphatic carbocycles. The van der Waals surface area contributed by atoms with E-state index in [-0.39, 0.29) is 0 Å². The van der Waals surface area contributed by atoms with E-state index >= 15 is 0 Å². The largest absolute Gasteiger partial charge is 0.0845 e. The maximum Gasteiger partial charge on any atom is -0.0348 e. The number of unbranched alkanes of at least 4 members (excludes halogenated alkanes) is 10. The Morgan fingerprint density at radius 3 is 1.57 bits per heavy atom. The van der Waals surface area contributed by atoms with Crippen molar-refractivity contribution in [2.24, 2.45) is 0 Å². The van der Waals surface area contributed by atoms with Gasteiger partial charge in [-0.2, -0.15) is 0 Å². The van der Waals surface area contributed by atoms with E-state index in [1.54, 1.807) is 6.08 Å². The van der Waals surface area contributed by atoms with Gasteiger partial charge in [0, 0.05) is 0 Å². The minimum absolute atomic E-state index is 1.09. The van der Waals surface area contributed by atoms with Gasteiger partial charge in [-0.25, -0.2) is 0 Å². The van der Waals surface area contributed by atoms with E-state index < -0.39 is 0 Å². The second-order valence-corrected chi connectivity index (χ2v) is 4.06. The van der Waals surface area contributed by atoms with E-state index in [1.807, 2.05) is 0 Å². The molecule has 0 aromatic carbocycles. The van der Waals surface area contributed by atoms with Crippen LogP contribution < -0.4 is 0 Å². The van der Waals surface area contributed by atoms with Crippen LogP contribution in [0.2, 0.25) is 0 Å². The van der Waals surface area contributed by atoms with E-state index in [0.29, 0.717) is 0 Å². The fraction of sp³-hybridized carbons (Fsp3) is 0.786. The van der Waals surface area contributed by atoms with Crippen LogP contribution in [0.25, 0.3) is 0 Å². The quantitative estimate of drug-likeness (QED) is 0.401. The highest BCUT2D eigenvalue weighted by Gasteiger charge is 1.91. The molecule has 0 spiro atoms. The zero-order valence-corrected chi connectivity index (χ0v) is 9.64. The SMILES string of the molecule is [CH]=CCCCCCCCCCCC[CH2]. The Hall–Kier alpha value is -0.260. The van der Waals surface area contributed by atoms with Crippen LogP contribution in [0.1, 0.15) is 70.6 Å². The van der Waals surface area contributed by atoms with Crippen LogP contribution in [0.4, 0.5) is 0 Å². The van der Waals surface area contributed by atoms with Crippen LogP contribution in [-0.4, -0.2) is 0 Å². The lowest BCUT2D eigenvalue weighted by molar-refractivity contribution is 0.561. The minimum atomic E-state index is 1.09. The molecular weight excluding hydrogens is 168 g/mol. The van der Waals surface area contributed by atoms with Gasteiger partial charge in [-0.15, -0.1) is 0 Å². The average molecular weight is 194 g/mol. The van der Waals surface area contributed by atoms with Crippen LogP contribution in [0.5, 0.6) is 0 Å². The monoisotopic (exact) mass is 194 g/mol. The summed E-state index contributed by atoms with van der Waals surface area (Å²) >= 11 is 0. The second kappa shape index (κ2) is 12.7. The Kier molecular flexibility index (Phi) is 12.5. The summed E-state index contributed by atoms with van der Waals surface area (Å²) in [4.78, 5) is 0. The number of rotatable bonds is 11. The number of hydrogen-bond donors (Lipinski definition) is 0. The lowest BCUT2D eigenvalue weighted by Gasteiger charge is -2.00. The lowest BCUT2D eigenvalue weighted by atomic mass is 10.1. The van der Waals surface area contributed by atoms with Crippen molar-refractivity contribution in [1.82, 2.24) is 0 Å². The number of allylic oxidation sites excluding steroid dienone is 1. The van der Waals surface area contributed by atoms with Crippen molar-refractivity contribution in [1.29, 1.82) is 0 Å². The molecule has 0 aromatic rings. The van der Waals surface area contributed by atoms with Gasteiger partial charge in [-0.3, -0.25) is 0 Å². The molecule has 0 atom stereocenters. The zero-order valence-electron chi connectivity index (χ0n) is 9.64. The van der Waals surface area contributed by atoms with E-state index in [1.165, 1.54) is 57.8 Å². The minimum Gasteiger partial charge on any atom is -0.0845 e. The highest BCUT2D eigenvalue weighted by Crippen LogP contribution is 2.10. The normalized spacial score (nSPS) is 10.4. The molecule has 0 unspecified atom stereocenters. The summed E-state index contributed by atoms with van der Waals surface area (Å²) in [6.07, 6.45) is 16.3. The summed E-state index contributed by atoms with van der Waals surface area (Å²) in [5.74, 6) is 0. The zero-order chi connectivity index (χ0) is 10.5. The molecule has 2 radical (unpaired) electrons. The molecule has 0 fully saturated rings. The van der Waals surface area contributed by atoms with Crippen molar-refractivity contribution in [2.45, 2.75) is 70.6 Å². The van der Waals surface area contributed by atoms with Crippen molar-refractivity contribution >= 4 is 0 Å². The van der Waals surface area contributed by atoms with E-state index in [0.717, 1.165) is 12.8 Å². The van der Waals surface area contributed by atoms with E-state index in [2.05, 4.69) is 6.92 Å². The van der Waals surface area contributed by atoms with Crippen molar-refractivity contribution < 1.29 is 0 Å². The summed E-state index contributed by atoms with van der Waals surface area (Å²) in [5.41, 5.74) is 0.